The molecule has 1 saturated heterocycles. The van der Waals surface area contributed by atoms with Gasteiger partial charge in [-0.25, -0.2) is 14.6 Å². The summed E-state index contributed by atoms with van der Waals surface area (Å²) >= 11 is 0. The highest BCUT2D eigenvalue weighted by molar-refractivity contribution is 6.05. The van der Waals surface area contributed by atoms with Crippen LogP contribution in [-0.4, -0.2) is 52.5 Å². The Labute approximate surface area is 166 Å². The molecule has 1 fully saturated rings. The van der Waals surface area contributed by atoms with E-state index in [-0.39, 0.29) is 6.54 Å². The Hall–Kier alpha value is -3.81. The quantitative estimate of drug-likeness (QED) is 0.686. The van der Waals surface area contributed by atoms with Gasteiger partial charge in [-0.2, -0.15) is 0 Å². The molecule has 29 heavy (non-hydrogen) atoms. The predicted molar refractivity (Wildman–Crippen MR) is 105 cm³/mol. The van der Waals surface area contributed by atoms with Gasteiger partial charge >= 0.3 is 12.0 Å². The van der Waals surface area contributed by atoms with E-state index in [1.165, 1.54) is 0 Å². The molecule has 0 spiro atoms. The lowest BCUT2D eigenvalue weighted by Gasteiger charge is -2.13. The molecular formula is C21H18N4O4. The first-order chi connectivity index (χ1) is 14.0. The van der Waals surface area contributed by atoms with E-state index >= 15 is 0 Å². The normalized spacial score (nSPS) is 13.4. The van der Waals surface area contributed by atoms with Gasteiger partial charge in [0.15, 0.2) is 6.61 Å². The van der Waals surface area contributed by atoms with Crippen LogP contribution < -0.4 is 5.32 Å². The number of nitrogens with one attached hydrogen (secondary N) is 1. The minimum atomic E-state index is -0.652. The summed E-state index contributed by atoms with van der Waals surface area (Å²) in [5.41, 5.74) is 3.23. The third-order valence-electron chi connectivity index (χ3n) is 4.63. The summed E-state index contributed by atoms with van der Waals surface area (Å²) < 4.78 is 5.24. The van der Waals surface area contributed by atoms with Crippen molar-refractivity contribution in [1.29, 1.82) is 0 Å². The number of fused-ring (bicyclic) bond motifs is 1. The van der Waals surface area contributed by atoms with Crippen molar-refractivity contribution in [3.8, 4) is 11.3 Å². The Kier molecular flexibility index (Phi) is 4.90. The fraction of sp³-hybridized carbons (Fsp3) is 0.190. The van der Waals surface area contributed by atoms with Crippen LogP contribution in [0.3, 0.4) is 0 Å². The second-order valence-corrected chi connectivity index (χ2v) is 6.67. The summed E-state index contributed by atoms with van der Waals surface area (Å²) in [7, 11) is 0. The molecule has 0 bridgehead atoms. The molecule has 8 heteroatoms. The highest BCUT2D eigenvalue weighted by Crippen LogP contribution is 2.26. The number of amides is 3. The van der Waals surface area contributed by atoms with Gasteiger partial charge < -0.3 is 10.1 Å². The number of urea groups is 1. The molecule has 146 valence electrons. The first-order valence-corrected chi connectivity index (χ1v) is 9.10. The molecule has 3 aromatic rings. The van der Waals surface area contributed by atoms with Crippen LogP contribution >= 0.6 is 0 Å². The largest absolute Gasteiger partial charge is 0.452 e. The number of esters is 1. The van der Waals surface area contributed by atoms with Crippen molar-refractivity contribution in [2.24, 2.45) is 0 Å². The molecule has 0 saturated carbocycles. The van der Waals surface area contributed by atoms with Crippen LogP contribution in [-0.2, 0) is 9.53 Å². The fourth-order valence-corrected chi connectivity index (χ4v) is 3.16. The van der Waals surface area contributed by atoms with Gasteiger partial charge in [-0.05, 0) is 37.3 Å². The summed E-state index contributed by atoms with van der Waals surface area (Å²) in [5, 5.41) is 3.17. The van der Waals surface area contributed by atoms with Crippen LogP contribution in [0.25, 0.3) is 22.2 Å². The van der Waals surface area contributed by atoms with Crippen molar-refractivity contribution in [1.82, 2.24) is 20.2 Å². The van der Waals surface area contributed by atoms with Crippen LogP contribution in [0.5, 0.6) is 0 Å². The predicted octanol–water partition coefficient (Wildman–Crippen LogP) is 2.31. The number of benzene rings is 1. The number of aromatic nitrogens is 2. The molecule has 3 amide bonds. The van der Waals surface area contributed by atoms with Gasteiger partial charge in [0.2, 0.25) is 0 Å². The van der Waals surface area contributed by atoms with Crippen molar-refractivity contribution in [3.63, 3.8) is 0 Å². The summed E-state index contributed by atoms with van der Waals surface area (Å²) in [4.78, 5) is 46.3. The van der Waals surface area contributed by atoms with Gasteiger partial charge in [-0.15, -0.1) is 0 Å². The molecule has 0 unspecified atom stereocenters. The van der Waals surface area contributed by atoms with Crippen molar-refractivity contribution in [3.05, 3.63) is 59.9 Å². The van der Waals surface area contributed by atoms with Gasteiger partial charge in [0.1, 0.15) is 0 Å². The first-order valence-electron chi connectivity index (χ1n) is 9.10. The molecule has 0 atom stereocenters. The zero-order valence-corrected chi connectivity index (χ0v) is 15.7. The van der Waals surface area contributed by atoms with Crippen LogP contribution in [0.2, 0.25) is 0 Å². The maximum absolute atomic E-state index is 12.8. The minimum absolute atomic E-state index is 0.262. The Morgan fingerprint density at radius 3 is 2.83 bits per heavy atom. The smallest absolute Gasteiger partial charge is 0.339 e. The number of rotatable bonds is 4. The molecule has 1 aromatic carbocycles. The topological polar surface area (TPSA) is 101 Å². The maximum Gasteiger partial charge on any atom is 0.339 e. The van der Waals surface area contributed by atoms with E-state index in [2.05, 4.69) is 15.3 Å². The Balaban J connectivity index is 1.65. The van der Waals surface area contributed by atoms with Crippen molar-refractivity contribution in [2.75, 3.05) is 19.7 Å². The highest BCUT2D eigenvalue weighted by Gasteiger charge is 2.27. The third kappa shape index (κ3) is 3.77. The molecule has 0 radical (unpaired) electrons. The second kappa shape index (κ2) is 7.67. The molecule has 3 heterocycles. The molecule has 1 aliphatic heterocycles. The van der Waals surface area contributed by atoms with Crippen LogP contribution in [0.1, 0.15) is 15.9 Å². The molecule has 1 N–H and O–H groups in total. The standard InChI is InChI=1S/C21H18N4O4/c1-13-4-5-17-15(9-13)16(10-18(24-17)14-3-2-6-22-11-14)20(27)29-12-19(26)25-8-7-23-21(25)28/h2-6,9-11H,7-8,12H2,1H3,(H,23,28). The number of imide groups is 1. The minimum Gasteiger partial charge on any atom is -0.452 e. The maximum atomic E-state index is 12.8. The molecule has 1 aliphatic rings. The second-order valence-electron chi connectivity index (χ2n) is 6.67. The fourth-order valence-electron chi connectivity index (χ4n) is 3.16. The number of hydrogen-bond donors (Lipinski definition) is 1. The number of nitrogens with zero attached hydrogens (tertiary/aromatic N) is 3. The van der Waals surface area contributed by atoms with E-state index in [4.69, 9.17) is 4.74 Å². The Morgan fingerprint density at radius 2 is 2.10 bits per heavy atom. The zero-order valence-electron chi connectivity index (χ0n) is 15.7. The number of pyridine rings is 2. The van der Waals surface area contributed by atoms with Crippen LogP contribution in [0.15, 0.2) is 48.8 Å². The number of carbonyl (C=O) groups excluding carboxylic acids is 3. The van der Waals surface area contributed by atoms with E-state index in [1.54, 1.807) is 24.5 Å². The van der Waals surface area contributed by atoms with Gasteiger partial charge in [0.25, 0.3) is 5.91 Å². The summed E-state index contributed by atoms with van der Waals surface area (Å²) in [6, 6.07) is 10.4. The molecule has 8 nitrogen and oxygen atoms in total. The third-order valence-corrected chi connectivity index (χ3v) is 4.63. The lowest BCUT2D eigenvalue weighted by atomic mass is 10.0. The Bertz CT molecular complexity index is 1110. The van der Waals surface area contributed by atoms with Gasteiger partial charge in [0, 0.05) is 36.4 Å². The van der Waals surface area contributed by atoms with E-state index in [9.17, 15) is 14.4 Å². The van der Waals surface area contributed by atoms with Crippen molar-refractivity contribution >= 4 is 28.8 Å². The first kappa shape index (κ1) is 18.5. The molecule has 4 rings (SSSR count). The SMILES string of the molecule is Cc1ccc2nc(-c3cccnc3)cc(C(=O)OCC(=O)N3CCNC3=O)c2c1. The van der Waals surface area contributed by atoms with E-state index < -0.39 is 24.5 Å². The Morgan fingerprint density at radius 1 is 1.24 bits per heavy atom. The summed E-state index contributed by atoms with van der Waals surface area (Å²) in [6.07, 6.45) is 3.32. The van der Waals surface area contributed by atoms with E-state index in [0.717, 1.165) is 16.0 Å². The van der Waals surface area contributed by atoms with E-state index in [1.807, 2.05) is 31.2 Å². The average Bonchev–Trinajstić information content (AvgIpc) is 3.17. The van der Waals surface area contributed by atoms with Crippen molar-refractivity contribution < 1.29 is 19.1 Å². The average molecular weight is 390 g/mol. The zero-order chi connectivity index (χ0) is 20.4. The van der Waals surface area contributed by atoms with Crippen molar-refractivity contribution in [2.45, 2.75) is 6.92 Å². The number of hydrogen-bond acceptors (Lipinski definition) is 6. The molecule has 2 aromatic heterocycles. The highest BCUT2D eigenvalue weighted by atomic mass is 16.5. The number of carbonyl (C=O) groups is 3. The number of aryl methyl sites for hydroxylation is 1. The summed E-state index contributed by atoms with van der Waals surface area (Å²) in [5.74, 6) is -1.21. The van der Waals surface area contributed by atoms with Crippen LogP contribution in [0, 0.1) is 6.92 Å². The molecular weight excluding hydrogens is 372 g/mol. The summed E-state index contributed by atoms with van der Waals surface area (Å²) in [6.45, 7) is 2.06. The number of ether oxygens (including phenoxy) is 1. The van der Waals surface area contributed by atoms with Gasteiger partial charge in [0.05, 0.1) is 16.8 Å². The van der Waals surface area contributed by atoms with Crippen LogP contribution in [0.4, 0.5) is 4.79 Å². The van der Waals surface area contributed by atoms with Gasteiger partial charge in [-0.3, -0.25) is 14.7 Å². The lowest BCUT2D eigenvalue weighted by Crippen LogP contribution is -2.37. The monoisotopic (exact) mass is 390 g/mol. The van der Waals surface area contributed by atoms with E-state index in [0.29, 0.717) is 28.7 Å². The lowest BCUT2D eigenvalue weighted by molar-refractivity contribution is -0.130. The van der Waals surface area contributed by atoms with Gasteiger partial charge in [-0.1, -0.05) is 11.6 Å². The molecule has 0 aliphatic carbocycles.